The number of piperidine rings is 1. The highest BCUT2D eigenvalue weighted by Crippen LogP contribution is 2.21. The number of hydrazine groups is 1. The van der Waals surface area contributed by atoms with Gasteiger partial charge in [-0.2, -0.15) is 0 Å². The van der Waals surface area contributed by atoms with Crippen molar-refractivity contribution in [1.29, 1.82) is 0 Å². The molecule has 0 saturated carbocycles. The lowest BCUT2D eigenvalue weighted by Gasteiger charge is -2.47. The van der Waals surface area contributed by atoms with E-state index in [2.05, 4.69) is 48.1 Å². The summed E-state index contributed by atoms with van der Waals surface area (Å²) < 4.78 is 13.9. The third kappa shape index (κ3) is 11.5. The number of hydrogen-bond acceptors (Lipinski definition) is 6. The molecule has 0 spiro atoms. The maximum Gasteiger partial charge on any atom is 0.241 e. The van der Waals surface area contributed by atoms with E-state index >= 15 is 0 Å². The quantitative estimate of drug-likeness (QED) is 0.413. The molecule has 1 unspecified atom stereocenters. The Labute approximate surface area is 262 Å². The summed E-state index contributed by atoms with van der Waals surface area (Å²) in [4.78, 5) is 29.2. The molecule has 2 aliphatic heterocycles. The Morgan fingerprint density at radius 1 is 1.02 bits per heavy atom. The third-order valence-corrected chi connectivity index (χ3v) is 8.35. The number of rotatable bonds is 10. The van der Waals surface area contributed by atoms with Gasteiger partial charge in [0.05, 0.1) is 6.54 Å². The van der Waals surface area contributed by atoms with E-state index in [1.54, 1.807) is 18.2 Å². The Hall–Kier alpha value is -2.56. The summed E-state index contributed by atoms with van der Waals surface area (Å²) >= 11 is 5.67. The Bertz CT molecular complexity index is 1130. The molecule has 2 amide bonds. The molecule has 238 valence electrons. The number of likely N-dealkylation sites (tertiary alicyclic amines) is 1. The number of nitrogens with two attached hydrogens (primary N) is 1. The zero-order chi connectivity index (χ0) is 31.4. The third-order valence-electron chi connectivity index (χ3n) is 8.10. The SMILES string of the molecule is CC(C)CN(C1CCN(C(=O)CNC(=O)CC(N)c2ccccc2F)CC1)N1CCN(C)CC1.CCc1ccc(Cl)cc1. The minimum atomic E-state index is -0.742. The van der Waals surface area contributed by atoms with E-state index in [0.29, 0.717) is 30.6 Å². The van der Waals surface area contributed by atoms with E-state index in [0.717, 1.165) is 57.0 Å². The molecule has 3 N–H and O–H groups in total. The molecule has 8 nitrogen and oxygen atoms in total. The molecular formula is C33H50ClFN6O2. The normalized spacial score (nSPS) is 17.5. The molecule has 2 fully saturated rings. The highest BCUT2D eigenvalue weighted by atomic mass is 35.5. The van der Waals surface area contributed by atoms with Crippen molar-refractivity contribution in [3.63, 3.8) is 0 Å². The first-order chi connectivity index (χ1) is 20.6. The fraction of sp³-hybridized carbons (Fsp3) is 0.576. The van der Waals surface area contributed by atoms with Crippen molar-refractivity contribution in [1.82, 2.24) is 25.1 Å². The van der Waals surface area contributed by atoms with Gasteiger partial charge >= 0.3 is 0 Å². The average molecular weight is 617 g/mol. The predicted octanol–water partition coefficient (Wildman–Crippen LogP) is 4.35. The Kier molecular flexibility index (Phi) is 14.3. The summed E-state index contributed by atoms with van der Waals surface area (Å²) in [6, 6.07) is 13.8. The van der Waals surface area contributed by atoms with Gasteiger partial charge in [-0.25, -0.2) is 14.4 Å². The van der Waals surface area contributed by atoms with E-state index < -0.39 is 11.9 Å². The van der Waals surface area contributed by atoms with Crippen LogP contribution in [0.4, 0.5) is 4.39 Å². The predicted molar refractivity (Wildman–Crippen MR) is 172 cm³/mol. The zero-order valence-electron chi connectivity index (χ0n) is 26.3. The van der Waals surface area contributed by atoms with E-state index in [-0.39, 0.29) is 24.8 Å². The monoisotopic (exact) mass is 616 g/mol. The summed E-state index contributed by atoms with van der Waals surface area (Å²) in [6.45, 7) is 13.2. The molecule has 0 aromatic heterocycles. The summed E-state index contributed by atoms with van der Waals surface area (Å²) in [5.41, 5.74) is 7.62. The minimum absolute atomic E-state index is 0.0539. The van der Waals surface area contributed by atoms with Gasteiger partial charge in [-0.1, -0.05) is 62.7 Å². The first-order valence-electron chi connectivity index (χ1n) is 15.6. The number of benzene rings is 2. The van der Waals surface area contributed by atoms with Gasteiger partial charge in [0.1, 0.15) is 5.82 Å². The van der Waals surface area contributed by atoms with Crippen LogP contribution in [-0.2, 0) is 16.0 Å². The molecule has 43 heavy (non-hydrogen) atoms. The maximum absolute atomic E-state index is 13.9. The van der Waals surface area contributed by atoms with Crippen molar-refractivity contribution in [3.8, 4) is 0 Å². The molecule has 0 aliphatic carbocycles. The van der Waals surface area contributed by atoms with Crippen molar-refractivity contribution in [3.05, 3.63) is 70.5 Å². The van der Waals surface area contributed by atoms with Gasteiger partial charge in [0.15, 0.2) is 0 Å². The molecule has 10 heteroatoms. The second-order valence-corrected chi connectivity index (χ2v) is 12.4. The minimum Gasteiger partial charge on any atom is -0.347 e. The number of aryl methyl sites for hydroxylation is 1. The Morgan fingerprint density at radius 2 is 1.65 bits per heavy atom. The van der Waals surface area contributed by atoms with Crippen LogP contribution < -0.4 is 11.1 Å². The number of carbonyl (C=O) groups is 2. The molecule has 2 aromatic carbocycles. The van der Waals surface area contributed by atoms with Gasteiger partial charge in [-0.3, -0.25) is 9.59 Å². The highest BCUT2D eigenvalue weighted by Gasteiger charge is 2.31. The van der Waals surface area contributed by atoms with Crippen LogP contribution in [0.1, 0.15) is 57.2 Å². The van der Waals surface area contributed by atoms with Crippen molar-refractivity contribution in [2.75, 3.05) is 59.4 Å². The van der Waals surface area contributed by atoms with Gasteiger partial charge in [-0.05, 0) is 56.0 Å². The van der Waals surface area contributed by atoms with Crippen LogP contribution in [0.25, 0.3) is 0 Å². The molecular weight excluding hydrogens is 567 g/mol. The first-order valence-corrected chi connectivity index (χ1v) is 15.9. The molecule has 2 aromatic rings. The number of likely N-dealkylation sites (N-methyl/N-ethyl adjacent to an activating group) is 1. The smallest absolute Gasteiger partial charge is 0.241 e. The number of piperazine rings is 1. The van der Waals surface area contributed by atoms with E-state index in [1.807, 2.05) is 29.2 Å². The van der Waals surface area contributed by atoms with Gasteiger partial charge in [0.25, 0.3) is 0 Å². The second kappa shape index (κ2) is 17.7. The fourth-order valence-electron chi connectivity index (χ4n) is 5.50. The molecule has 1 atom stereocenters. The average Bonchev–Trinajstić information content (AvgIpc) is 3.00. The van der Waals surface area contributed by atoms with Gasteiger partial charge in [-0.15, -0.1) is 0 Å². The van der Waals surface area contributed by atoms with Crippen LogP contribution in [0.5, 0.6) is 0 Å². The number of nitrogens with one attached hydrogen (secondary N) is 1. The van der Waals surface area contributed by atoms with Crippen LogP contribution >= 0.6 is 11.6 Å². The number of nitrogens with zero attached hydrogens (tertiary/aromatic N) is 4. The van der Waals surface area contributed by atoms with Crippen LogP contribution in [0.2, 0.25) is 5.02 Å². The van der Waals surface area contributed by atoms with Gasteiger partial charge < -0.3 is 20.9 Å². The number of hydrogen-bond donors (Lipinski definition) is 2. The lowest BCUT2D eigenvalue weighted by molar-refractivity contribution is -0.137. The summed E-state index contributed by atoms with van der Waals surface area (Å²) in [5, 5.41) is 8.52. The maximum atomic E-state index is 13.9. The molecule has 2 saturated heterocycles. The molecule has 2 heterocycles. The summed E-state index contributed by atoms with van der Waals surface area (Å²) in [5.74, 6) is -0.284. The van der Waals surface area contributed by atoms with Crippen LogP contribution in [-0.4, -0.2) is 97.1 Å². The van der Waals surface area contributed by atoms with E-state index in [4.69, 9.17) is 17.3 Å². The van der Waals surface area contributed by atoms with Crippen molar-refractivity contribution in [2.24, 2.45) is 11.7 Å². The van der Waals surface area contributed by atoms with E-state index in [9.17, 15) is 14.0 Å². The fourth-order valence-corrected chi connectivity index (χ4v) is 5.63. The van der Waals surface area contributed by atoms with Crippen LogP contribution in [0.15, 0.2) is 48.5 Å². The molecule has 0 radical (unpaired) electrons. The largest absolute Gasteiger partial charge is 0.347 e. The Morgan fingerprint density at radius 3 is 2.23 bits per heavy atom. The van der Waals surface area contributed by atoms with Crippen LogP contribution in [0, 0.1) is 11.7 Å². The Balaban J connectivity index is 0.000000480. The summed E-state index contributed by atoms with van der Waals surface area (Å²) in [7, 11) is 2.17. The standard InChI is InChI=1S/C25H41FN6O2.C8H9Cl/c1-19(2)18-32(31-14-12-29(3)13-15-31)20-8-10-30(11-9-20)25(34)17-28-24(33)16-23(27)21-6-4-5-7-22(21)26;1-2-7-3-5-8(9)6-4-7/h4-7,19-20,23H,8-18,27H2,1-3H3,(H,28,33);3-6H,2H2,1H3. The number of amides is 2. The van der Waals surface area contributed by atoms with Gasteiger partial charge in [0.2, 0.25) is 11.8 Å². The van der Waals surface area contributed by atoms with E-state index in [1.165, 1.54) is 11.6 Å². The lowest BCUT2D eigenvalue weighted by atomic mass is 10.0. The summed E-state index contributed by atoms with van der Waals surface area (Å²) in [6.07, 6.45) is 2.87. The topological polar surface area (TPSA) is 85.1 Å². The molecule has 2 aliphatic rings. The van der Waals surface area contributed by atoms with Crippen molar-refractivity contribution in [2.45, 2.75) is 58.5 Å². The van der Waals surface area contributed by atoms with Gasteiger partial charge in [0, 0.05) is 74.9 Å². The zero-order valence-corrected chi connectivity index (χ0v) is 27.0. The number of halogens is 2. The number of carbonyl (C=O) groups excluding carboxylic acids is 2. The van der Waals surface area contributed by atoms with Crippen LogP contribution in [0.3, 0.4) is 0 Å². The lowest BCUT2D eigenvalue weighted by Crippen LogP contribution is -2.59. The molecule has 4 rings (SSSR count). The van der Waals surface area contributed by atoms with Crippen molar-refractivity contribution >= 4 is 23.4 Å². The van der Waals surface area contributed by atoms with Crippen molar-refractivity contribution < 1.29 is 14.0 Å². The second-order valence-electron chi connectivity index (χ2n) is 12.0. The first kappa shape index (κ1) is 34.9. The highest BCUT2D eigenvalue weighted by molar-refractivity contribution is 6.30. The molecule has 0 bridgehead atoms.